The van der Waals surface area contributed by atoms with Gasteiger partial charge in [0.25, 0.3) is 5.91 Å². The highest BCUT2D eigenvalue weighted by Gasteiger charge is 2.21. The number of aromatic nitrogens is 1. The number of nitrogens with zero attached hydrogens (tertiary/aromatic N) is 3. The van der Waals surface area contributed by atoms with Crippen molar-refractivity contribution in [2.24, 2.45) is 0 Å². The standard InChI is InChI=1S/C13H15N3O2/c1-10-9-16(5-2-6-18-10)13(17)12-4-3-11(7-14)8-15-12/h3-4,8,10H,2,5-6,9H2,1H3. The fraction of sp³-hybridized carbons (Fsp3) is 0.462. The zero-order chi connectivity index (χ0) is 13.0. The van der Waals surface area contributed by atoms with E-state index in [1.165, 1.54) is 6.20 Å². The van der Waals surface area contributed by atoms with Gasteiger partial charge in [-0.25, -0.2) is 4.98 Å². The minimum Gasteiger partial charge on any atom is -0.377 e. The quantitative estimate of drug-likeness (QED) is 0.745. The van der Waals surface area contributed by atoms with E-state index >= 15 is 0 Å². The van der Waals surface area contributed by atoms with Gasteiger partial charge in [-0.3, -0.25) is 4.79 Å². The van der Waals surface area contributed by atoms with Crippen molar-refractivity contribution in [1.29, 1.82) is 5.26 Å². The summed E-state index contributed by atoms with van der Waals surface area (Å²) in [5.41, 5.74) is 0.835. The molecule has 0 aromatic carbocycles. The molecular formula is C13H15N3O2. The van der Waals surface area contributed by atoms with Gasteiger partial charge in [0.05, 0.1) is 11.7 Å². The summed E-state index contributed by atoms with van der Waals surface area (Å²) in [6.07, 6.45) is 2.31. The van der Waals surface area contributed by atoms with Crippen LogP contribution in [-0.4, -0.2) is 41.6 Å². The molecule has 0 saturated carbocycles. The van der Waals surface area contributed by atoms with Gasteiger partial charge in [-0.15, -0.1) is 0 Å². The van der Waals surface area contributed by atoms with Gasteiger partial charge in [0, 0.05) is 25.9 Å². The van der Waals surface area contributed by atoms with Crippen molar-refractivity contribution in [2.75, 3.05) is 19.7 Å². The molecule has 1 aliphatic heterocycles. The molecule has 1 saturated heterocycles. The molecule has 2 rings (SSSR count). The summed E-state index contributed by atoms with van der Waals surface area (Å²) in [6.45, 7) is 3.91. The molecule has 1 atom stereocenters. The van der Waals surface area contributed by atoms with E-state index in [2.05, 4.69) is 4.98 Å². The van der Waals surface area contributed by atoms with Gasteiger partial charge in [-0.05, 0) is 25.5 Å². The van der Waals surface area contributed by atoms with Gasteiger partial charge < -0.3 is 9.64 Å². The van der Waals surface area contributed by atoms with Crippen molar-refractivity contribution < 1.29 is 9.53 Å². The minimum atomic E-state index is -0.100. The molecule has 94 valence electrons. The summed E-state index contributed by atoms with van der Waals surface area (Å²) >= 11 is 0. The smallest absolute Gasteiger partial charge is 0.272 e. The predicted molar refractivity (Wildman–Crippen MR) is 64.9 cm³/mol. The number of rotatable bonds is 1. The second-order valence-electron chi connectivity index (χ2n) is 4.33. The van der Waals surface area contributed by atoms with Crippen LogP contribution in [0.4, 0.5) is 0 Å². The lowest BCUT2D eigenvalue weighted by atomic mass is 10.2. The minimum absolute atomic E-state index is 0.0508. The number of ether oxygens (including phenoxy) is 1. The number of pyridine rings is 1. The van der Waals surface area contributed by atoms with Gasteiger partial charge in [-0.1, -0.05) is 0 Å². The predicted octanol–water partition coefficient (Wildman–Crippen LogP) is 1.20. The van der Waals surface area contributed by atoms with Gasteiger partial charge in [0.1, 0.15) is 11.8 Å². The first-order chi connectivity index (χ1) is 8.70. The number of hydrogen-bond donors (Lipinski definition) is 0. The summed E-state index contributed by atoms with van der Waals surface area (Å²) < 4.78 is 5.50. The molecule has 2 heterocycles. The van der Waals surface area contributed by atoms with Crippen molar-refractivity contribution in [3.63, 3.8) is 0 Å². The number of hydrogen-bond acceptors (Lipinski definition) is 4. The Balaban J connectivity index is 2.11. The maximum Gasteiger partial charge on any atom is 0.272 e. The highest BCUT2D eigenvalue weighted by molar-refractivity contribution is 5.92. The average molecular weight is 245 g/mol. The topological polar surface area (TPSA) is 66.2 Å². The molecular weight excluding hydrogens is 230 g/mol. The maximum atomic E-state index is 12.2. The van der Waals surface area contributed by atoms with E-state index in [-0.39, 0.29) is 12.0 Å². The highest BCUT2D eigenvalue weighted by Crippen LogP contribution is 2.10. The van der Waals surface area contributed by atoms with E-state index in [1.807, 2.05) is 13.0 Å². The summed E-state index contributed by atoms with van der Waals surface area (Å²) in [7, 11) is 0. The molecule has 1 aromatic heterocycles. The van der Waals surface area contributed by atoms with E-state index < -0.39 is 0 Å². The van der Waals surface area contributed by atoms with Crippen molar-refractivity contribution in [2.45, 2.75) is 19.4 Å². The SMILES string of the molecule is CC1CN(C(=O)c2ccc(C#N)cn2)CCCO1. The van der Waals surface area contributed by atoms with Crippen LogP contribution in [0.1, 0.15) is 29.4 Å². The third-order valence-electron chi connectivity index (χ3n) is 2.85. The second-order valence-corrected chi connectivity index (χ2v) is 4.33. The Hall–Kier alpha value is -1.93. The van der Waals surface area contributed by atoms with Crippen LogP contribution in [0.25, 0.3) is 0 Å². The van der Waals surface area contributed by atoms with E-state index in [1.54, 1.807) is 17.0 Å². The molecule has 1 amide bonds. The van der Waals surface area contributed by atoms with E-state index in [9.17, 15) is 4.79 Å². The lowest BCUT2D eigenvalue weighted by molar-refractivity contribution is 0.0559. The van der Waals surface area contributed by atoms with Crippen LogP contribution < -0.4 is 0 Å². The van der Waals surface area contributed by atoms with E-state index in [4.69, 9.17) is 10.00 Å². The third-order valence-corrected chi connectivity index (χ3v) is 2.85. The van der Waals surface area contributed by atoms with E-state index in [0.717, 1.165) is 6.42 Å². The van der Waals surface area contributed by atoms with Crippen molar-refractivity contribution in [1.82, 2.24) is 9.88 Å². The number of nitriles is 1. The lowest BCUT2D eigenvalue weighted by Gasteiger charge is -2.21. The molecule has 0 aliphatic carbocycles. The molecule has 1 aliphatic rings. The molecule has 5 nitrogen and oxygen atoms in total. The molecule has 18 heavy (non-hydrogen) atoms. The van der Waals surface area contributed by atoms with E-state index in [0.29, 0.717) is 31.0 Å². The summed E-state index contributed by atoms with van der Waals surface area (Å²) in [5, 5.41) is 8.69. The molecule has 1 fully saturated rings. The Morgan fingerprint density at radius 3 is 3.11 bits per heavy atom. The zero-order valence-corrected chi connectivity index (χ0v) is 10.3. The Morgan fingerprint density at radius 2 is 2.44 bits per heavy atom. The Bertz CT molecular complexity index is 464. The molecule has 0 spiro atoms. The Kier molecular flexibility index (Phi) is 3.90. The first kappa shape index (κ1) is 12.5. The average Bonchev–Trinajstić information content (AvgIpc) is 2.63. The fourth-order valence-corrected chi connectivity index (χ4v) is 1.93. The van der Waals surface area contributed by atoms with Crippen LogP contribution in [-0.2, 0) is 4.74 Å². The summed E-state index contributed by atoms with van der Waals surface area (Å²) in [4.78, 5) is 18.0. The van der Waals surface area contributed by atoms with Gasteiger partial charge in [0.15, 0.2) is 0 Å². The maximum absolute atomic E-state index is 12.2. The van der Waals surface area contributed by atoms with Gasteiger partial charge in [-0.2, -0.15) is 5.26 Å². The van der Waals surface area contributed by atoms with Crippen molar-refractivity contribution in [3.8, 4) is 6.07 Å². The molecule has 1 aromatic rings. The van der Waals surface area contributed by atoms with Gasteiger partial charge in [0.2, 0.25) is 0 Å². The van der Waals surface area contributed by atoms with Crippen molar-refractivity contribution in [3.05, 3.63) is 29.6 Å². The van der Waals surface area contributed by atoms with Gasteiger partial charge >= 0.3 is 0 Å². The molecule has 0 bridgehead atoms. The third kappa shape index (κ3) is 2.84. The van der Waals surface area contributed by atoms with Crippen LogP contribution in [0.5, 0.6) is 0 Å². The zero-order valence-electron chi connectivity index (χ0n) is 10.3. The Labute approximate surface area is 106 Å². The van der Waals surface area contributed by atoms with Crippen LogP contribution in [0, 0.1) is 11.3 Å². The van der Waals surface area contributed by atoms with Crippen molar-refractivity contribution >= 4 is 5.91 Å². The number of carbonyl (C=O) groups is 1. The molecule has 1 unspecified atom stereocenters. The van der Waals surface area contributed by atoms with Crippen LogP contribution >= 0.6 is 0 Å². The Morgan fingerprint density at radius 1 is 1.61 bits per heavy atom. The largest absolute Gasteiger partial charge is 0.377 e. The lowest BCUT2D eigenvalue weighted by Crippen LogP contribution is -2.36. The van der Waals surface area contributed by atoms with Crippen LogP contribution in [0.3, 0.4) is 0 Å². The summed E-state index contributed by atoms with van der Waals surface area (Å²) in [6, 6.07) is 5.19. The normalized spacial score (nSPS) is 20.0. The summed E-state index contributed by atoms with van der Waals surface area (Å²) in [5.74, 6) is -0.100. The van der Waals surface area contributed by atoms with Crippen LogP contribution in [0.2, 0.25) is 0 Å². The fourth-order valence-electron chi connectivity index (χ4n) is 1.93. The number of carbonyl (C=O) groups excluding carboxylic acids is 1. The molecule has 5 heteroatoms. The van der Waals surface area contributed by atoms with Crippen LogP contribution in [0.15, 0.2) is 18.3 Å². The molecule has 0 N–H and O–H groups in total. The molecule has 0 radical (unpaired) electrons. The first-order valence-electron chi connectivity index (χ1n) is 5.97. The first-order valence-corrected chi connectivity index (χ1v) is 5.97. The monoisotopic (exact) mass is 245 g/mol. The number of amides is 1. The highest BCUT2D eigenvalue weighted by atomic mass is 16.5. The second kappa shape index (κ2) is 5.61.